The van der Waals surface area contributed by atoms with E-state index in [0.29, 0.717) is 17.9 Å². The van der Waals surface area contributed by atoms with E-state index in [-0.39, 0.29) is 5.91 Å². The zero-order chi connectivity index (χ0) is 17.2. The average Bonchev–Trinajstić information content (AvgIpc) is 3.09. The number of benzene rings is 1. The number of aryl methyl sites for hydroxylation is 1. The van der Waals surface area contributed by atoms with Gasteiger partial charge in [0.25, 0.3) is 5.91 Å². The lowest BCUT2D eigenvalue weighted by atomic mass is 10.1. The highest BCUT2D eigenvalue weighted by Gasteiger charge is 2.20. The lowest BCUT2D eigenvalue weighted by Gasteiger charge is -2.10. The predicted octanol–water partition coefficient (Wildman–Crippen LogP) is 3.38. The fraction of sp³-hybridized carbons (Fsp3) is 0.250. The molecule has 5 nitrogen and oxygen atoms in total. The number of aromatic amines is 1. The molecule has 0 saturated carbocycles. The number of fused-ring (bicyclic) bond motifs is 1. The summed E-state index contributed by atoms with van der Waals surface area (Å²) in [4.78, 5) is 24.4. The first kappa shape index (κ1) is 15.6. The van der Waals surface area contributed by atoms with Gasteiger partial charge < -0.3 is 10.3 Å². The van der Waals surface area contributed by atoms with E-state index in [1.165, 1.54) is 5.56 Å². The van der Waals surface area contributed by atoms with Crippen LogP contribution in [0.4, 0.5) is 0 Å². The van der Waals surface area contributed by atoms with Gasteiger partial charge >= 0.3 is 0 Å². The number of H-pyrrole nitrogens is 1. The van der Waals surface area contributed by atoms with Gasteiger partial charge in [-0.15, -0.1) is 0 Å². The van der Waals surface area contributed by atoms with E-state index in [4.69, 9.17) is 0 Å². The summed E-state index contributed by atoms with van der Waals surface area (Å²) in [5, 5.41) is 2.86. The van der Waals surface area contributed by atoms with E-state index >= 15 is 0 Å². The fourth-order valence-corrected chi connectivity index (χ4v) is 3.19. The third-order valence-corrected chi connectivity index (χ3v) is 4.49. The Morgan fingerprint density at radius 3 is 2.76 bits per heavy atom. The second-order valence-corrected chi connectivity index (χ2v) is 6.29. The van der Waals surface area contributed by atoms with E-state index < -0.39 is 0 Å². The van der Waals surface area contributed by atoms with Crippen molar-refractivity contribution >= 4 is 5.91 Å². The van der Waals surface area contributed by atoms with Crippen LogP contribution in [-0.4, -0.2) is 27.4 Å². The van der Waals surface area contributed by atoms with Gasteiger partial charge in [0.05, 0.1) is 17.0 Å². The molecule has 3 heterocycles. The molecule has 0 fully saturated rings. The molecular weight excluding hydrogens is 312 g/mol. The number of carbonyl (C=O) groups excluding carboxylic acids is 1. The number of hydrogen-bond acceptors (Lipinski definition) is 3. The maximum Gasteiger partial charge on any atom is 0.253 e. The SMILES string of the molecule is CCCc1ccc(-c2nccc(-c3cc4c([nH]3)CCNC4=O)n2)cc1. The van der Waals surface area contributed by atoms with E-state index in [0.717, 1.165) is 41.9 Å². The summed E-state index contributed by atoms with van der Waals surface area (Å²) in [6, 6.07) is 12.1. The Bertz CT molecular complexity index is 912. The molecule has 0 radical (unpaired) electrons. The van der Waals surface area contributed by atoms with Crippen LogP contribution in [0.5, 0.6) is 0 Å². The standard InChI is InChI=1S/C20H20N4O/c1-2-3-13-4-6-14(7-5-13)19-21-10-9-17(24-19)18-12-15-16(23-18)8-11-22-20(15)25/h4-7,9-10,12,23H,2-3,8,11H2,1H3,(H,22,25). The van der Waals surface area contributed by atoms with Crippen molar-refractivity contribution in [1.82, 2.24) is 20.3 Å². The highest BCUT2D eigenvalue weighted by atomic mass is 16.1. The summed E-state index contributed by atoms with van der Waals surface area (Å²) in [7, 11) is 0. The third-order valence-electron chi connectivity index (χ3n) is 4.49. The van der Waals surface area contributed by atoms with Crippen LogP contribution in [0.25, 0.3) is 22.8 Å². The molecule has 4 rings (SSSR count). The number of rotatable bonds is 4. The summed E-state index contributed by atoms with van der Waals surface area (Å²) in [5.41, 5.74) is 5.66. The van der Waals surface area contributed by atoms with Crippen LogP contribution in [-0.2, 0) is 12.8 Å². The summed E-state index contributed by atoms with van der Waals surface area (Å²) < 4.78 is 0. The monoisotopic (exact) mass is 332 g/mol. The van der Waals surface area contributed by atoms with E-state index in [1.807, 2.05) is 12.1 Å². The number of carbonyl (C=O) groups is 1. The van der Waals surface area contributed by atoms with Crippen LogP contribution in [0.3, 0.4) is 0 Å². The fourth-order valence-electron chi connectivity index (χ4n) is 3.19. The zero-order valence-corrected chi connectivity index (χ0v) is 14.2. The molecule has 0 unspecified atom stereocenters. The van der Waals surface area contributed by atoms with Gasteiger partial charge in [0.2, 0.25) is 0 Å². The van der Waals surface area contributed by atoms with E-state index in [1.54, 1.807) is 6.20 Å². The Kier molecular flexibility index (Phi) is 4.06. The van der Waals surface area contributed by atoms with Gasteiger partial charge in [0.1, 0.15) is 0 Å². The molecule has 1 aliphatic heterocycles. The van der Waals surface area contributed by atoms with Crippen LogP contribution in [0, 0.1) is 0 Å². The normalized spacial score (nSPS) is 13.4. The van der Waals surface area contributed by atoms with Gasteiger partial charge in [0.15, 0.2) is 5.82 Å². The molecule has 0 atom stereocenters. The predicted molar refractivity (Wildman–Crippen MR) is 97.3 cm³/mol. The first-order valence-corrected chi connectivity index (χ1v) is 8.67. The van der Waals surface area contributed by atoms with Crippen LogP contribution >= 0.6 is 0 Å². The molecule has 0 aliphatic carbocycles. The highest BCUT2D eigenvalue weighted by Crippen LogP contribution is 2.24. The number of hydrogen-bond donors (Lipinski definition) is 2. The molecule has 3 aromatic rings. The van der Waals surface area contributed by atoms with Crippen molar-refractivity contribution in [3.05, 3.63) is 59.4 Å². The first-order valence-electron chi connectivity index (χ1n) is 8.67. The summed E-state index contributed by atoms with van der Waals surface area (Å²) in [5.74, 6) is 0.669. The van der Waals surface area contributed by atoms with Crippen molar-refractivity contribution in [2.75, 3.05) is 6.54 Å². The van der Waals surface area contributed by atoms with Crippen LogP contribution < -0.4 is 5.32 Å². The molecule has 2 N–H and O–H groups in total. The molecular formula is C20H20N4O. The summed E-state index contributed by atoms with van der Waals surface area (Å²) in [6.07, 6.45) is 4.79. The van der Waals surface area contributed by atoms with Crippen molar-refractivity contribution in [1.29, 1.82) is 0 Å². The summed E-state index contributed by atoms with van der Waals surface area (Å²) >= 11 is 0. The zero-order valence-electron chi connectivity index (χ0n) is 14.2. The average molecular weight is 332 g/mol. The number of amides is 1. The molecule has 0 bridgehead atoms. The molecule has 5 heteroatoms. The summed E-state index contributed by atoms with van der Waals surface area (Å²) in [6.45, 7) is 2.85. The van der Waals surface area contributed by atoms with E-state index in [9.17, 15) is 4.79 Å². The number of nitrogens with zero attached hydrogens (tertiary/aromatic N) is 2. The van der Waals surface area contributed by atoms with Crippen LogP contribution in [0.15, 0.2) is 42.6 Å². The molecule has 1 amide bonds. The van der Waals surface area contributed by atoms with Crippen molar-refractivity contribution in [3.8, 4) is 22.8 Å². The maximum absolute atomic E-state index is 11.9. The second kappa shape index (κ2) is 6.51. The van der Waals surface area contributed by atoms with Gasteiger partial charge in [-0.3, -0.25) is 4.79 Å². The van der Waals surface area contributed by atoms with Gasteiger partial charge in [0, 0.05) is 30.4 Å². The molecule has 0 saturated heterocycles. The van der Waals surface area contributed by atoms with Gasteiger partial charge in [-0.05, 0) is 24.1 Å². The van der Waals surface area contributed by atoms with Crippen molar-refractivity contribution in [2.24, 2.45) is 0 Å². The Morgan fingerprint density at radius 2 is 2.00 bits per heavy atom. The number of nitrogens with one attached hydrogen (secondary N) is 2. The van der Waals surface area contributed by atoms with E-state index in [2.05, 4.69) is 51.5 Å². The largest absolute Gasteiger partial charge is 0.356 e. The molecule has 126 valence electrons. The quantitative estimate of drug-likeness (QED) is 0.769. The van der Waals surface area contributed by atoms with Crippen LogP contribution in [0.2, 0.25) is 0 Å². The smallest absolute Gasteiger partial charge is 0.253 e. The Morgan fingerprint density at radius 1 is 1.16 bits per heavy atom. The maximum atomic E-state index is 11.9. The van der Waals surface area contributed by atoms with Gasteiger partial charge in [-0.25, -0.2) is 9.97 Å². The Labute approximate surface area is 146 Å². The molecule has 25 heavy (non-hydrogen) atoms. The first-order chi connectivity index (χ1) is 12.2. The lowest BCUT2D eigenvalue weighted by molar-refractivity contribution is 0.0946. The Hall–Kier alpha value is -2.95. The van der Waals surface area contributed by atoms with Crippen molar-refractivity contribution < 1.29 is 4.79 Å². The van der Waals surface area contributed by atoms with Gasteiger partial charge in [-0.2, -0.15) is 0 Å². The van der Waals surface area contributed by atoms with Crippen LogP contribution in [0.1, 0.15) is 35.0 Å². The second-order valence-electron chi connectivity index (χ2n) is 6.29. The molecule has 2 aromatic heterocycles. The van der Waals surface area contributed by atoms with Crippen molar-refractivity contribution in [3.63, 3.8) is 0 Å². The topological polar surface area (TPSA) is 70.7 Å². The minimum atomic E-state index is -0.0236. The number of aromatic nitrogens is 3. The van der Waals surface area contributed by atoms with Gasteiger partial charge in [-0.1, -0.05) is 37.6 Å². The Balaban J connectivity index is 1.66. The molecule has 1 aliphatic rings. The highest BCUT2D eigenvalue weighted by molar-refractivity contribution is 5.97. The minimum Gasteiger partial charge on any atom is -0.356 e. The minimum absolute atomic E-state index is 0.0236. The van der Waals surface area contributed by atoms with Crippen molar-refractivity contribution in [2.45, 2.75) is 26.2 Å². The third kappa shape index (κ3) is 3.05. The lowest BCUT2D eigenvalue weighted by Crippen LogP contribution is -2.31. The molecule has 0 spiro atoms. The molecule has 1 aromatic carbocycles.